The molecule has 0 saturated heterocycles. The molecule has 0 spiro atoms. The number of carbonyl (C=O) groups is 1. The zero-order valence-electron chi connectivity index (χ0n) is 7.72. The first-order valence-electron chi connectivity index (χ1n) is 4.31. The van der Waals surface area contributed by atoms with Crippen molar-refractivity contribution < 1.29 is 9.18 Å². The van der Waals surface area contributed by atoms with Crippen LogP contribution in [0.1, 0.15) is 10.4 Å². The van der Waals surface area contributed by atoms with Crippen molar-refractivity contribution in [3.05, 3.63) is 54.4 Å². The molecule has 0 aliphatic heterocycles. The van der Waals surface area contributed by atoms with Crippen molar-refractivity contribution in [3.63, 3.8) is 0 Å². The van der Waals surface area contributed by atoms with Crippen LogP contribution in [0.3, 0.4) is 0 Å². The summed E-state index contributed by atoms with van der Waals surface area (Å²) in [5.74, 6) is -1.05. The molecule has 1 amide bonds. The Kier molecular flexibility index (Phi) is 2.45. The molecule has 2 heterocycles. The Labute approximate surface area is 85.3 Å². The molecule has 0 saturated carbocycles. The largest absolute Gasteiger partial charge is 0.270 e. The minimum Gasteiger partial charge on any atom is -0.268 e. The molecule has 0 aromatic carbocycles. The van der Waals surface area contributed by atoms with E-state index >= 15 is 0 Å². The summed E-state index contributed by atoms with van der Waals surface area (Å²) in [5.41, 5.74) is 2.78. The standard InChI is InChI=1S/C10H8FN3O/c11-9-7-8(3-4-12-9)10(15)13-14-5-1-2-6-14/h1-7H,(H,13,15). The van der Waals surface area contributed by atoms with Crippen molar-refractivity contribution in [1.29, 1.82) is 0 Å². The van der Waals surface area contributed by atoms with Crippen LogP contribution in [0.2, 0.25) is 0 Å². The van der Waals surface area contributed by atoms with Gasteiger partial charge in [-0.15, -0.1) is 0 Å². The molecule has 5 heteroatoms. The van der Waals surface area contributed by atoms with Gasteiger partial charge in [0.15, 0.2) is 0 Å². The Balaban J connectivity index is 2.15. The van der Waals surface area contributed by atoms with Crippen LogP contribution in [0.5, 0.6) is 0 Å². The number of aromatic nitrogens is 2. The van der Waals surface area contributed by atoms with Crippen LogP contribution in [0.4, 0.5) is 4.39 Å². The normalized spacial score (nSPS) is 9.93. The molecular weight excluding hydrogens is 197 g/mol. The maximum absolute atomic E-state index is 12.7. The Morgan fingerprint density at radius 2 is 2.13 bits per heavy atom. The highest BCUT2D eigenvalue weighted by molar-refractivity contribution is 5.99. The van der Waals surface area contributed by atoms with Gasteiger partial charge in [-0.05, 0) is 18.2 Å². The SMILES string of the molecule is O=C(Nn1cccc1)c1ccnc(F)c1. The molecule has 0 aliphatic carbocycles. The molecule has 0 radical (unpaired) electrons. The third-order valence-electron chi connectivity index (χ3n) is 1.82. The molecular formula is C10H8FN3O. The second kappa shape index (κ2) is 3.91. The van der Waals surface area contributed by atoms with Crippen molar-refractivity contribution >= 4 is 5.91 Å². The van der Waals surface area contributed by atoms with E-state index in [-0.39, 0.29) is 11.5 Å². The van der Waals surface area contributed by atoms with E-state index in [1.807, 2.05) is 0 Å². The molecule has 0 aliphatic rings. The van der Waals surface area contributed by atoms with Crippen LogP contribution in [0, 0.1) is 5.95 Å². The van der Waals surface area contributed by atoms with Gasteiger partial charge in [0.25, 0.3) is 5.91 Å². The van der Waals surface area contributed by atoms with Gasteiger partial charge in [-0.1, -0.05) is 0 Å². The molecule has 0 fully saturated rings. The van der Waals surface area contributed by atoms with Crippen molar-refractivity contribution in [2.24, 2.45) is 0 Å². The fourth-order valence-corrected chi connectivity index (χ4v) is 1.13. The summed E-state index contributed by atoms with van der Waals surface area (Å²) in [4.78, 5) is 14.9. The van der Waals surface area contributed by atoms with E-state index in [0.29, 0.717) is 0 Å². The van der Waals surface area contributed by atoms with Crippen molar-refractivity contribution in [3.8, 4) is 0 Å². The van der Waals surface area contributed by atoms with Crippen molar-refractivity contribution in [2.45, 2.75) is 0 Å². The van der Waals surface area contributed by atoms with E-state index < -0.39 is 5.95 Å². The number of hydrogen-bond donors (Lipinski definition) is 1. The van der Waals surface area contributed by atoms with E-state index in [0.717, 1.165) is 6.07 Å². The maximum Gasteiger partial charge on any atom is 0.270 e. The van der Waals surface area contributed by atoms with Gasteiger partial charge in [0.1, 0.15) is 0 Å². The lowest BCUT2D eigenvalue weighted by Crippen LogP contribution is -2.21. The summed E-state index contributed by atoms with van der Waals surface area (Å²) in [6, 6.07) is 6.07. The number of pyridine rings is 1. The topological polar surface area (TPSA) is 46.9 Å². The number of rotatable bonds is 2. The first kappa shape index (κ1) is 9.39. The van der Waals surface area contributed by atoms with Crippen LogP contribution in [-0.2, 0) is 0 Å². The van der Waals surface area contributed by atoms with Crippen molar-refractivity contribution in [2.75, 3.05) is 5.43 Å². The van der Waals surface area contributed by atoms with Crippen LogP contribution >= 0.6 is 0 Å². The molecule has 4 nitrogen and oxygen atoms in total. The predicted molar refractivity (Wildman–Crippen MR) is 52.3 cm³/mol. The third-order valence-corrected chi connectivity index (χ3v) is 1.82. The first-order valence-corrected chi connectivity index (χ1v) is 4.31. The lowest BCUT2D eigenvalue weighted by atomic mass is 10.2. The minimum absolute atomic E-state index is 0.233. The van der Waals surface area contributed by atoms with E-state index in [1.54, 1.807) is 24.5 Å². The monoisotopic (exact) mass is 205 g/mol. The smallest absolute Gasteiger partial charge is 0.268 e. The lowest BCUT2D eigenvalue weighted by molar-refractivity contribution is 0.101. The van der Waals surface area contributed by atoms with Crippen LogP contribution in [0.15, 0.2) is 42.9 Å². The average molecular weight is 205 g/mol. The summed E-state index contributed by atoms with van der Waals surface area (Å²) in [6.45, 7) is 0. The quantitative estimate of drug-likeness (QED) is 0.753. The Hall–Kier alpha value is -2.17. The highest BCUT2D eigenvalue weighted by Crippen LogP contribution is 2.00. The zero-order valence-corrected chi connectivity index (χ0v) is 7.72. The molecule has 2 aromatic rings. The van der Waals surface area contributed by atoms with E-state index in [2.05, 4.69) is 10.4 Å². The summed E-state index contributed by atoms with van der Waals surface area (Å²) in [5, 5.41) is 0. The highest BCUT2D eigenvalue weighted by atomic mass is 19.1. The van der Waals surface area contributed by atoms with Crippen LogP contribution in [0.25, 0.3) is 0 Å². The molecule has 0 atom stereocenters. The van der Waals surface area contributed by atoms with E-state index in [9.17, 15) is 9.18 Å². The van der Waals surface area contributed by atoms with Crippen molar-refractivity contribution in [1.82, 2.24) is 9.66 Å². The highest BCUT2D eigenvalue weighted by Gasteiger charge is 2.06. The summed E-state index contributed by atoms with van der Waals surface area (Å²) in [6.07, 6.45) is 4.60. The van der Waals surface area contributed by atoms with Gasteiger partial charge >= 0.3 is 0 Å². The van der Waals surface area contributed by atoms with Crippen LogP contribution < -0.4 is 5.43 Å². The van der Waals surface area contributed by atoms with E-state index in [1.165, 1.54) is 16.9 Å². The van der Waals surface area contributed by atoms with Gasteiger partial charge in [-0.25, -0.2) is 4.98 Å². The number of nitrogens with one attached hydrogen (secondary N) is 1. The number of nitrogens with zero attached hydrogens (tertiary/aromatic N) is 2. The summed E-state index contributed by atoms with van der Waals surface area (Å²) >= 11 is 0. The molecule has 1 N–H and O–H groups in total. The Bertz CT molecular complexity index is 467. The summed E-state index contributed by atoms with van der Waals surface area (Å²) < 4.78 is 14.2. The molecule has 76 valence electrons. The van der Waals surface area contributed by atoms with Gasteiger partial charge in [-0.2, -0.15) is 4.39 Å². The molecule has 15 heavy (non-hydrogen) atoms. The maximum atomic E-state index is 12.7. The molecule has 2 rings (SSSR count). The minimum atomic E-state index is -0.671. The van der Waals surface area contributed by atoms with Gasteiger partial charge in [0, 0.05) is 30.2 Å². The Morgan fingerprint density at radius 1 is 1.40 bits per heavy atom. The molecule has 0 unspecified atom stereocenters. The predicted octanol–water partition coefficient (Wildman–Crippen LogP) is 1.41. The fraction of sp³-hybridized carbons (Fsp3) is 0. The third kappa shape index (κ3) is 2.19. The van der Waals surface area contributed by atoms with Gasteiger partial charge < -0.3 is 0 Å². The van der Waals surface area contributed by atoms with Gasteiger partial charge in [0.2, 0.25) is 5.95 Å². The second-order valence-electron chi connectivity index (χ2n) is 2.90. The first-order chi connectivity index (χ1) is 7.25. The number of amides is 1. The van der Waals surface area contributed by atoms with E-state index in [4.69, 9.17) is 0 Å². The molecule has 2 aromatic heterocycles. The summed E-state index contributed by atoms with van der Waals surface area (Å²) in [7, 11) is 0. The molecule has 0 bridgehead atoms. The second-order valence-corrected chi connectivity index (χ2v) is 2.90. The zero-order chi connectivity index (χ0) is 10.7. The number of carbonyl (C=O) groups excluding carboxylic acids is 1. The number of hydrogen-bond acceptors (Lipinski definition) is 2. The van der Waals surface area contributed by atoms with Crippen LogP contribution in [-0.4, -0.2) is 15.6 Å². The number of halogens is 1. The van der Waals surface area contributed by atoms with Gasteiger partial charge in [0.05, 0.1) is 0 Å². The average Bonchev–Trinajstić information content (AvgIpc) is 2.70. The lowest BCUT2D eigenvalue weighted by Gasteiger charge is -2.05. The Morgan fingerprint density at radius 3 is 2.80 bits per heavy atom. The fourth-order valence-electron chi connectivity index (χ4n) is 1.13. The van der Waals surface area contributed by atoms with Gasteiger partial charge in [-0.3, -0.25) is 14.9 Å².